The number of likely N-dealkylation sites (N-methyl/N-ethyl adjacent to an activating group) is 1. The number of amides is 2. The summed E-state index contributed by atoms with van der Waals surface area (Å²) in [7, 11) is 1.47. The molecular formula is C16H29N3O6. The van der Waals surface area contributed by atoms with Crippen LogP contribution in [0.1, 0.15) is 51.9 Å². The van der Waals surface area contributed by atoms with Gasteiger partial charge in [0.2, 0.25) is 11.8 Å². The molecule has 144 valence electrons. The zero-order valence-corrected chi connectivity index (χ0v) is 14.8. The molecule has 2 atom stereocenters. The van der Waals surface area contributed by atoms with Crippen LogP contribution in [0.3, 0.4) is 0 Å². The number of hydrogen-bond acceptors (Lipinski definition) is 5. The second-order valence-corrected chi connectivity index (χ2v) is 5.77. The first kappa shape index (κ1) is 22.8. The SMILES string of the molecule is CCCCCNC(=O)CC[C@H](NC(=O)CC[C@H](NC)C(=O)O)C(=O)O. The summed E-state index contributed by atoms with van der Waals surface area (Å²) < 4.78 is 0. The Morgan fingerprint density at radius 2 is 1.44 bits per heavy atom. The summed E-state index contributed by atoms with van der Waals surface area (Å²) in [5.74, 6) is -3.12. The second-order valence-electron chi connectivity index (χ2n) is 5.77. The van der Waals surface area contributed by atoms with Gasteiger partial charge in [0.1, 0.15) is 12.1 Å². The lowest BCUT2D eigenvalue weighted by Crippen LogP contribution is -2.42. The average molecular weight is 359 g/mol. The Hall–Kier alpha value is -2.16. The number of hydrogen-bond donors (Lipinski definition) is 5. The van der Waals surface area contributed by atoms with Crippen molar-refractivity contribution >= 4 is 23.8 Å². The van der Waals surface area contributed by atoms with Crippen LogP contribution in [-0.2, 0) is 19.2 Å². The first-order valence-corrected chi connectivity index (χ1v) is 8.50. The van der Waals surface area contributed by atoms with Gasteiger partial charge < -0.3 is 26.2 Å². The van der Waals surface area contributed by atoms with Gasteiger partial charge >= 0.3 is 11.9 Å². The fourth-order valence-corrected chi connectivity index (χ4v) is 2.16. The maximum absolute atomic E-state index is 11.8. The van der Waals surface area contributed by atoms with E-state index >= 15 is 0 Å². The quantitative estimate of drug-likeness (QED) is 0.276. The van der Waals surface area contributed by atoms with Gasteiger partial charge in [0.05, 0.1) is 0 Å². The monoisotopic (exact) mass is 359 g/mol. The number of carbonyl (C=O) groups excluding carboxylic acids is 2. The maximum Gasteiger partial charge on any atom is 0.326 e. The molecule has 0 aliphatic heterocycles. The molecule has 0 heterocycles. The highest BCUT2D eigenvalue weighted by molar-refractivity contribution is 5.85. The van der Waals surface area contributed by atoms with Crippen LogP contribution < -0.4 is 16.0 Å². The fourth-order valence-electron chi connectivity index (χ4n) is 2.16. The van der Waals surface area contributed by atoms with Crippen LogP contribution in [-0.4, -0.2) is 59.6 Å². The van der Waals surface area contributed by atoms with E-state index < -0.39 is 29.9 Å². The third-order valence-corrected chi connectivity index (χ3v) is 3.70. The Bertz CT molecular complexity index is 455. The van der Waals surface area contributed by atoms with E-state index in [1.807, 2.05) is 0 Å². The molecule has 9 nitrogen and oxygen atoms in total. The van der Waals surface area contributed by atoms with Crippen LogP contribution in [0.4, 0.5) is 0 Å². The van der Waals surface area contributed by atoms with Gasteiger partial charge in [-0.3, -0.25) is 14.4 Å². The van der Waals surface area contributed by atoms with Crippen LogP contribution in [0, 0.1) is 0 Å². The minimum Gasteiger partial charge on any atom is -0.480 e. The molecule has 0 rings (SSSR count). The number of carboxylic acid groups (broad SMARTS) is 2. The molecule has 9 heteroatoms. The third kappa shape index (κ3) is 11.1. The molecule has 0 bridgehead atoms. The molecule has 0 fully saturated rings. The molecule has 25 heavy (non-hydrogen) atoms. The zero-order valence-electron chi connectivity index (χ0n) is 14.8. The van der Waals surface area contributed by atoms with Crippen LogP contribution in [0.5, 0.6) is 0 Å². The molecule has 5 N–H and O–H groups in total. The fraction of sp³-hybridized carbons (Fsp3) is 0.750. The standard InChI is InChI=1S/C16H29N3O6/c1-3-4-5-10-18-13(20)8-7-12(16(24)25)19-14(21)9-6-11(17-2)15(22)23/h11-12,17H,3-10H2,1-2H3,(H,18,20)(H,19,21)(H,22,23)(H,24,25)/t11-,12-/m0/s1. The number of carboxylic acids is 2. The topological polar surface area (TPSA) is 145 Å². The summed E-state index contributed by atoms with van der Waals surface area (Å²) in [5, 5.41) is 25.6. The zero-order chi connectivity index (χ0) is 19.2. The van der Waals surface area contributed by atoms with E-state index in [-0.39, 0.29) is 31.6 Å². The molecule has 0 saturated heterocycles. The van der Waals surface area contributed by atoms with Crippen molar-refractivity contribution in [2.24, 2.45) is 0 Å². The van der Waals surface area contributed by atoms with Gasteiger partial charge in [-0.15, -0.1) is 0 Å². The molecule has 0 unspecified atom stereocenters. The van der Waals surface area contributed by atoms with E-state index in [4.69, 9.17) is 10.2 Å². The summed E-state index contributed by atoms with van der Waals surface area (Å²) in [4.78, 5) is 45.5. The van der Waals surface area contributed by atoms with E-state index in [1.165, 1.54) is 7.05 Å². The Morgan fingerprint density at radius 3 is 1.96 bits per heavy atom. The normalized spacial score (nSPS) is 12.9. The van der Waals surface area contributed by atoms with Gasteiger partial charge in [-0.2, -0.15) is 0 Å². The van der Waals surface area contributed by atoms with Gasteiger partial charge in [0.25, 0.3) is 0 Å². The minimum absolute atomic E-state index is 0.00234. The average Bonchev–Trinajstić information content (AvgIpc) is 2.55. The molecule has 0 aromatic carbocycles. The van der Waals surface area contributed by atoms with Crippen LogP contribution >= 0.6 is 0 Å². The maximum atomic E-state index is 11.8. The second kappa shape index (κ2) is 13.2. The molecule has 0 aromatic rings. The number of aliphatic carboxylic acids is 2. The molecular weight excluding hydrogens is 330 g/mol. The first-order chi connectivity index (χ1) is 11.8. The van der Waals surface area contributed by atoms with E-state index in [0.717, 1.165) is 19.3 Å². The van der Waals surface area contributed by atoms with Crippen LogP contribution in [0.25, 0.3) is 0 Å². The lowest BCUT2D eigenvalue weighted by Gasteiger charge is -2.15. The highest BCUT2D eigenvalue weighted by Gasteiger charge is 2.22. The lowest BCUT2D eigenvalue weighted by atomic mass is 10.1. The molecule has 0 aliphatic carbocycles. The van der Waals surface area contributed by atoms with Gasteiger partial charge in [-0.25, -0.2) is 4.79 Å². The summed E-state index contributed by atoms with van der Waals surface area (Å²) in [5.41, 5.74) is 0. The van der Waals surface area contributed by atoms with Crippen molar-refractivity contribution in [3.8, 4) is 0 Å². The van der Waals surface area contributed by atoms with E-state index in [2.05, 4.69) is 22.9 Å². The molecule has 2 amide bonds. The van der Waals surface area contributed by atoms with Crippen LogP contribution in [0.2, 0.25) is 0 Å². The summed E-state index contributed by atoms with van der Waals surface area (Å²) >= 11 is 0. The Kier molecular flexibility index (Phi) is 12.0. The van der Waals surface area contributed by atoms with Crippen molar-refractivity contribution in [1.29, 1.82) is 0 Å². The van der Waals surface area contributed by atoms with Gasteiger partial charge in [0, 0.05) is 19.4 Å². The third-order valence-electron chi connectivity index (χ3n) is 3.70. The smallest absolute Gasteiger partial charge is 0.326 e. The number of nitrogens with one attached hydrogen (secondary N) is 3. The van der Waals surface area contributed by atoms with Crippen molar-refractivity contribution < 1.29 is 29.4 Å². The van der Waals surface area contributed by atoms with Gasteiger partial charge in [-0.05, 0) is 26.3 Å². The van der Waals surface area contributed by atoms with Crippen molar-refractivity contribution in [3.63, 3.8) is 0 Å². The van der Waals surface area contributed by atoms with E-state index in [0.29, 0.717) is 6.54 Å². The highest BCUT2D eigenvalue weighted by atomic mass is 16.4. The van der Waals surface area contributed by atoms with Crippen molar-refractivity contribution in [1.82, 2.24) is 16.0 Å². The summed E-state index contributed by atoms with van der Waals surface area (Å²) in [6, 6.07) is -2.05. The number of unbranched alkanes of at least 4 members (excludes halogenated alkanes) is 2. The number of rotatable bonds is 14. The van der Waals surface area contributed by atoms with Crippen molar-refractivity contribution in [2.75, 3.05) is 13.6 Å². The molecule has 0 aliphatic rings. The molecule has 0 radical (unpaired) electrons. The number of carbonyl (C=O) groups is 4. The molecule has 0 aromatic heterocycles. The summed E-state index contributed by atoms with van der Waals surface area (Å²) in [6.45, 7) is 2.61. The Morgan fingerprint density at radius 1 is 0.880 bits per heavy atom. The van der Waals surface area contributed by atoms with Crippen molar-refractivity contribution in [3.05, 3.63) is 0 Å². The van der Waals surface area contributed by atoms with E-state index in [1.54, 1.807) is 0 Å². The Labute approximate surface area is 147 Å². The first-order valence-electron chi connectivity index (χ1n) is 8.50. The molecule has 0 saturated carbocycles. The summed E-state index contributed by atoms with van der Waals surface area (Å²) in [6.07, 6.45) is 2.83. The van der Waals surface area contributed by atoms with E-state index in [9.17, 15) is 19.2 Å². The molecule has 0 spiro atoms. The lowest BCUT2D eigenvalue weighted by molar-refractivity contribution is -0.143. The highest BCUT2D eigenvalue weighted by Crippen LogP contribution is 2.02. The largest absolute Gasteiger partial charge is 0.480 e. The van der Waals surface area contributed by atoms with Gasteiger partial charge in [-0.1, -0.05) is 19.8 Å². The minimum atomic E-state index is -1.23. The van der Waals surface area contributed by atoms with Gasteiger partial charge in [0.15, 0.2) is 0 Å². The van der Waals surface area contributed by atoms with Crippen molar-refractivity contribution in [2.45, 2.75) is 64.0 Å². The van der Waals surface area contributed by atoms with Crippen LogP contribution in [0.15, 0.2) is 0 Å². The predicted molar refractivity (Wildman–Crippen MR) is 91.1 cm³/mol. The Balaban J connectivity index is 4.24. The predicted octanol–water partition coefficient (Wildman–Crippen LogP) is 0.0952.